The van der Waals surface area contributed by atoms with E-state index in [1.54, 1.807) is 14.2 Å². The molecular formula is C15H25NO3. The molecule has 1 aromatic carbocycles. The van der Waals surface area contributed by atoms with Gasteiger partial charge >= 0.3 is 0 Å². The molecule has 0 saturated carbocycles. The number of anilines is 1. The number of aliphatic hydroxyl groups excluding tert-OH is 1. The highest BCUT2D eigenvalue weighted by Crippen LogP contribution is 2.37. The summed E-state index contributed by atoms with van der Waals surface area (Å²) < 4.78 is 10.8. The first-order chi connectivity index (χ1) is 8.87. The Labute approximate surface area is 115 Å². The predicted octanol–water partition coefficient (Wildman–Crippen LogP) is 2.61. The van der Waals surface area contributed by atoms with Crippen molar-refractivity contribution < 1.29 is 14.6 Å². The molecule has 4 nitrogen and oxygen atoms in total. The highest BCUT2D eigenvalue weighted by Gasteiger charge is 2.26. The minimum absolute atomic E-state index is 0.155. The lowest BCUT2D eigenvalue weighted by molar-refractivity contribution is 0.249. The van der Waals surface area contributed by atoms with Crippen LogP contribution >= 0.6 is 0 Å². The van der Waals surface area contributed by atoms with Crippen molar-refractivity contribution in [3.8, 4) is 11.5 Å². The SMILES string of the molecule is COc1cc(N(C)C(C)(C)CCO)c(OC)cc1C. The average molecular weight is 267 g/mol. The summed E-state index contributed by atoms with van der Waals surface area (Å²) in [5.41, 5.74) is 1.84. The smallest absolute Gasteiger partial charge is 0.142 e. The van der Waals surface area contributed by atoms with Crippen molar-refractivity contribution in [2.45, 2.75) is 32.7 Å². The molecule has 0 atom stereocenters. The van der Waals surface area contributed by atoms with Crippen LogP contribution in [-0.4, -0.2) is 38.5 Å². The summed E-state index contributed by atoms with van der Waals surface area (Å²) in [5.74, 6) is 1.65. The molecule has 0 aliphatic rings. The van der Waals surface area contributed by atoms with Gasteiger partial charge in [0, 0.05) is 25.3 Å². The van der Waals surface area contributed by atoms with Crippen LogP contribution in [0.5, 0.6) is 11.5 Å². The molecule has 0 fully saturated rings. The molecule has 108 valence electrons. The van der Waals surface area contributed by atoms with Crippen molar-refractivity contribution in [1.29, 1.82) is 0 Å². The lowest BCUT2D eigenvalue weighted by atomic mass is 9.98. The third kappa shape index (κ3) is 3.32. The van der Waals surface area contributed by atoms with Crippen LogP contribution in [0.3, 0.4) is 0 Å². The molecule has 0 radical (unpaired) electrons. The van der Waals surface area contributed by atoms with Crippen LogP contribution in [0.2, 0.25) is 0 Å². The lowest BCUT2D eigenvalue weighted by Crippen LogP contribution is -2.42. The quantitative estimate of drug-likeness (QED) is 0.860. The summed E-state index contributed by atoms with van der Waals surface area (Å²) in [5, 5.41) is 9.19. The van der Waals surface area contributed by atoms with Gasteiger partial charge in [0.25, 0.3) is 0 Å². The van der Waals surface area contributed by atoms with Crippen molar-refractivity contribution in [2.75, 3.05) is 32.8 Å². The molecule has 0 saturated heterocycles. The number of rotatable bonds is 6. The summed E-state index contributed by atoms with van der Waals surface area (Å²) in [7, 11) is 5.33. The summed E-state index contributed by atoms with van der Waals surface area (Å²) in [6, 6.07) is 3.95. The minimum atomic E-state index is -0.164. The summed E-state index contributed by atoms with van der Waals surface area (Å²) >= 11 is 0. The molecule has 0 amide bonds. The first kappa shape index (κ1) is 15.6. The van der Waals surface area contributed by atoms with E-state index in [9.17, 15) is 5.11 Å². The summed E-state index contributed by atoms with van der Waals surface area (Å²) in [6.45, 7) is 6.33. The first-order valence-corrected chi connectivity index (χ1v) is 6.44. The summed E-state index contributed by atoms with van der Waals surface area (Å²) in [6.07, 6.45) is 0.683. The number of methoxy groups -OCH3 is 2. The van der Waals surface area contributed by atoms with E-state index >= 15 is 0 Å². The average Bonchev–Trinajstić information content (AvgIpc) is 2.37. The molecule has 0 aliphatic heterocycles. The van der Waals surface area contributed by atoms with Gasteiger partial charge in [0.1, 0.15) is 11.5 Å². The Bertz CT molecular complexity index is 430. The predicted molar refractivity (Wildman–Crippen MR) is 78.5 cm³/mol. The fourth-order valence-corrected chi connectivity index (χ4v) is 2.06. The highest BCUT2D eigenvalue weighted by molar-refractivity contribution is 5.64. The van der Waals surface area contributed by atoms with Crippen LogP contribution in [0.15, 0.2) is 12.1 Å². The second-order valence-corrected chi connectivity index (χ2v) is 5.34. The van der Waals surface area contributed by atoms with E-state index < -0.39 is 0 Å². The van der Waals surface area contributed by atoms with Crippen LogP contribution in [0.25, 0.3) is 0 Å². The molecule has 0 spiro atoms. The molecule has 1 rings (SSSR count). The Morgan fingerprint density at radius 1 is 1.16 bits per heavy atom. The molecule has 4 heteroatoms. The van der Waals surface area contributed by atoms with Crippen molar-refractivity contribution in [3.63, 3.8) is 0 Å². The maximum atomic E-state index is 9.19. The van der Waals surface area contributed by atoms with Gasteiger partial charge in [-0.15, -0.1) is 0 Å². The van der Waals surface area contributed by atoms with Gasteiger partial charge < -0.3 is 19.5 Å². The number of hydrogen-bond acceptors (Lipinski definition) is 4. The Morgan fingerprint density at radius 3 is 2.21 bits per heavy atom. The topological polar surface area (TPSA) is 41.9 Å². The van der Waals surface area contributed by atoms with E-state index in [1.165, 1.54) is 0 Å². The number of hydrogen-bond donors (Lipinski definition) is 1. The standard InChI is InChI=1S/C15H25NO3/c1-11-9-14(19-6)12(10-13(11)18-5)16(4)15(2,3)7-8-17/h9-10,17H,7-8H2,1-6H3. The van der Waals surface area contributed by atoms with Crippen molar-refractivity contribution in [1.82, 2.24) is 0 Å². The monoisotopic (exact) mass is 267 g/mol. The number of ether oxygens (including phenoxy) is 2. The van der Waals surface area contributed by atoms with Crippen LogP contribution in [-0.2, 0) is 0 Å². The molecule has 1 aromatic rings. The van der Waals surface area contributed by atoms with E-state index in [1.807, 2.05) is 26.1 Å². The van der Waals surface area contributed by atoms with Gasteiger partial charge in [-0.05, 0) is 38.8 Å². The number of nitrogens with zero attached hydrogens (tertiary/aromatic N) is 1. The molecule has 0 aliphatic carbocycles. The first-order valence-electron chi connectivity index (χ1n) is 6.44. The highest BCUT2D eigenvalue weighted by atomic mass is 16.5. The van der Waals surface area contributed by atoms with Crippen LogP contribution in [0, 0.1) is 6.92 Å². The second kappa shape index (κ2) is 6.15. The van der Waals surface area contributed by atoms with Gasteiger partial charge in [-0.25, -0.2) is 0 Å². The zero-order valence-electron chi connectivity index (χ0n) is 12.8. The minimum Gasteiger partial charge on any atom is -0.496 e. The van der Waals surface area contributed by atoms with Gasteiger partial charge in [-0.2, -0.15) is 0 Å². The van der Waals surface area contributed by atoms with Crippen LogP contribution in [0.4, 0.5) is 5.69 Å². The van der Waals surface area contributed by atoms with E-state index in [4.69, 9.17) is 9.47 Å². The Kier molecular flexibility index (Phi) is 5.06. The number of aliphatic hydroxyl groups is 1. The molecule has 0 aromatic heterocycles. The molecule has 19 heavy (non-hydrogen) atoms. The molecular weight excluding hydrogens is 242 g/mol. The van der Waals surface area contributed by atoms with E-state index in [2.05, 4.69) is 18.7 Å². The van der Waals surface area contributed by atoms with Gasteiger partial charge in [-0.3, -0.25) is 0 Å². The Hall–Kier alpha value is -1.42. The van der Waals surface area contributed by atoms with Crippen molar-refractivity contribution >= 4 is 5.69 Å². The van der Waals surface area contributed by atoms with Crippen LogP contribution < -0.4 is 14.4 Å². The van der Waals surface area contributed by atoms with E-state index in [0.717, 1.165) is 22.7 Å². The van der Waals surface area contributed by atoms with Gasteiger partial charge in [0.15, 0.2) is 0 Å². The molecule has 1 N–H and O–H groups in total. The third-order valence-corrected chi connectivity index (χ3v) is 3.69. The molecule has 0 unspecified atom stereocenters. The second-order valence-electron chi connectivity index (χ2n) is 5.34. The largest absolute Gasteiger partial charge is 0.496 e. The third-order valence-electron chi connectivity index (χ3n) is 3.69. The maximum Gasteiger partial charge on any atom is 0.142 e. The maximum absolute atomic E-state index is 9.19. The van der Waals surface area contributed by atoms with Gasteiger partial charge in [0.2, 0.25) is 0 Å². The summed E-state index contributed by atoms with van der Waals surface area (Å²) in [4.78, 5) is 2.12. The Morgan fingerprint density at radius 2 is 1.74 bits per heavy atom. The zero-order chi connectivity index (χ0) is 14.6. The zero-order valence-corrected chi connectivity index (χ0v) is 12.8. The van der Waals surface area contributed by atoms with E-state index in [-0.39, 0.29) is 12.1 Å². The van der Waals surface area contributed by atoms with Crippen molar-refractivity contribution in [3.05, 3.63) is 17.7 Å². The van der Waals surface area contributed by atoms with Gasteiger partial charge in [0.05, 0.1) is 19.9 Å². The number of benzene rings is 1. The van der Waals surface area contributed by atoms with Gasteiger partial charge in [-0.1, -0.05) is 0 Å². The Balaban J connectivity index is 3.24. The van der Waals surface area contributed by atoms with Crippen LogP contribution in [0.1, 0.15) is 25.8 Å². The number of aryl methyl sites for hydroxylation is 1. The lowest BCUT2D eigenvalue weighted by Gasteiger charge is -2.38. The normalized spacial score (nSPS) is 11.3. The molecule has 0 heterocycles. The fourth-order valence-electron chi connectivity index (χ4n) is 2.06. The molecule has 0 bridgehead atoms. The fraction of sp³-hybridized carbons (Fsp3) is 0.600. The van der Waals surface area contributed by atoms with Crippen molar-refractivity contribution in [2.24, 2.45) is 0 Å². The van der Waals surface area contributed by atoms with E-state index in [0.29, 0.717) is 6.42 Å².